The van der Waals surface area contributed by atoms with E-state index in [4.69, 9.17) is 9.84 Å². The Hall–Kier alpha value is -0.650. The van der Waals surface area contributed by atoms with E-state index in [1.165, 1.54) is 0 Å². The summed E-state index contributed by atoms with van der Waals surface area (Å²) in [5.74, 6) is -0.911. The molecule has 1 aliphatic heterocycles. The summed E-state index contributed by atoms with van der Waals surface area (Å²) in [6, 6.07) is 0. The molecule has 1 heterocycles. The van der Waals surface area contributed by atoms with Gasteiger partial charge < -0.3 is 20.1 Å². The lowest BCUT2D eigenvalue weighted by Crippen LogP contribution is -2.30. The van der Waals surface area contributed by atoms with Gasteiger partial charge in [0.2, 0.25) is 0 Å². The molecule has 1 saturated heterocycles. The number of carbonyl (C=O) groups is 1. The zero-order valence-electron chi connectivity index (χ0n) is 8.85. The molecule has 0 radical (unpaired) electrons. The number of hydrogen-bond donors (Lipinski definition) is 3. The molecule has 0 amide bonds. The zero-order valence-corrected chi connectivity index (χ0v) is 8.85. The molecule has 3 unspecified atom stereocenters. The van der Waals surface area contributed by atoms with Crippen LogP contribution in [0.4, 0.5) is 0 Å². The molecule has 0 aromatic heterocycles. The van der Waals surface area contributed by atoms with E-state index in [-0.39, 0.29) is 12.8 Å². The Morgan fingerprint density at radius 1 is 1.67 bits per heavy atom. The van der Waals surface area contributed by atoms with Crippen LogP contribution in [0.5, 0.6) is 0 Å². The molecular formula is C10H18O5. The number of aliphatic carboxylic acids is 1. The summed E-state index contributed by atoms with van der Waals surface area (Å²) in [5, 5.41) is 27.2. The lowest BCUT2D eigenvalue weighted by atomic mass is 9.93. The van der Waals surface area contributed by atoms with Crippen LogP contribution in [0.1, 0.15) is 39.0 Å². The second-order valence-corrected chi connectivity index (χ2v) is 4.35. The maximum atomic E-state index is 10.3. The highest BCUT2D eigenvalue weighted by Crippen LogP contribution is 2.33. The molecule has 1 rings (SSSR count). The maximum absolute atomic E-state index is 10.3. The van der Waals surface area contributed by atoms with Gasteiger partial charge in [0.1, 0.15) is 0 Å². The summed E-state index contributed by atoms with van der Waals surface area (Å²) < 4.78 is 5.27. The van der Waals surface area contributed by atoms with Crippen LogP contribution in [0.3, 0.4) is 0 Å². The molecule has 0 aromatic carbocycles. The van der Waals surface area contributed by atoms with Crippen molar-refractivity contribution >= 4 is 5.97 Å². The summed E-state index contributed by atoms with van der Waals surface area (Å²) in [6.07, 6.45) is 0.389. The minimum absolute atomic E-state index is 0.0419. The number of carboxylic acids is 1. The van der Waals surface area contributed by atoms with Crippen molar-refractivity contribution in [3.05, 3.63) is 0 Å². The first-order chi connectivity index (χ1) is 6.91. The van der Waals surface area contributed by atoms with Crippen molar-refractivity contribution in [1.29, 1.82) is 0 Å². The van der Waals surface area contributed by atoms with Crippen molar-refractivity contribution < 1.29 is 24.9 Å². The predicted molar refractivity (Wildman–Crippen MR) is 52.2 cm³/mol. The van der Waals surface area contributed by atoms with Crippen LogP contribution in [-0.4, -0.2) is 39.3 Å². The Morgan fingerprint density at radius 3 is 2.80 bits per heavy atom. The van der Waals surface area contributed by atoms with E-state index < -0.39 is 24.0 Å². The average molecular weight is 218 g/mol. The Labute approximate surface area is 88.7 Å². The highest BCUT2D eigenvalue weighted by molar-refractivity contribution is 5.66. The highest BCUT2D eigenvalue weighted by atomic mass is 16.6. The summed E-state index contributed by atoms with van der Waals surface area (Å²) in [4.78, 5) is 10.3. The maximum Gasteiger partial charge on any atom is 0.303 e. The molecule has 1 fully saturated rings. The Bertz CT molecular complexity index is 230. The Kier molecular flexibility index (Phi) is 4.07. The van der Waals surface area contributed by atoms with Gasteiger partial charge in [-0.15, -0.1) is 0 Å². The average Bonchev–Trinajstić information content (AvgIpc) is 2.42. The number of hydrogen-bond acceptors (Lipinski definition) is 4. The van der Waals surface area contributed by atoms with E-state index in [1.807, 2.05) is 6.92 Å². The second-order valence-electron chi connectivity index (χ2n) is 4.35. The van der Waals surface area contributed by atoms with Crippen LogP contribution in [0, 0.1) is 0 Å². The fourth-order valence-electron chi connectivity index (χ4n) is 1.92. The van der Waals surface area contributed by atoms with Crippen LogP contribution >= 0.6 is 0 Å². The summed E-state index contributed by atoms with van der Waals surface area (Å²) in [6.45, 7) is 1.83. The van der Waals surface area contributed by atoms with E-state index in [0.717, 1.165) is 0 Å². The van der Waals surface area contributed by atoms with E-state index in [0.29, 0.717) is 19.3 Å². The van der Waals surface area contributed by atoms with Gasteiger partial charge in [0.25, 0.3) is 0 Å². The molecule has 0 aliphatic carbocycles. The van der Waals surface area contributed by atoms with Crippen molar-refractivity contribution in [2.24, 2.45) is 0 Å². The molecule has 3 N–H and O–H groups in total. The topological polar surface area (TPSA) is 87.0 Å². The van der Waals surface area contributed by atoms with Crippen LogP contribution < -0.4 is 0 Å². The summed E-state index contributed by atoms with van der Waals surface area (Å²) in [7, 11) is 0. The molecule has 1 aliphatic rings. The molecule has 0 spiro atoms. The molecule has 88 valence electrons. The molecule has 0 aromatic rings. The van der Waals surface area contributed by atoms with E-state index in [9.17, 15) is 15.0 Å². The molecule has 15 heavy (non-hydrogen) atoms. The number of carboxylic acid groups (broad SMARTS) is 1. The normalized spacial score (nSPS) is 32.9. The number of rotatable bonds is 5. The van der Waals surface area contributed by atoms with Gasteiger partial charge in [0.15, 0.2) is 6.29 Å². The standard InChI is InChI=1S/C10H18O5/c1-10(5-4-9(14)15-10)6-7(11)2-3-8(12)13/h7,9,11,14H,2-6H2,1H3,(H,12,13). The summed E-state index contributed by atoms with van der Waals surface area (Å²) in [5.41, 5.74) is -0.517. The van der Waals surface area contributed by atoms with E-state index in [2.05, 4.69) is 0 Å². The first-order valence-electron chi connectivity index (χ1n) is 5.17. The predicted octanol–water partition coefficient (Wildman–Crippen LogP) is 0.490. The van der Waals surface area contributed by atoms with E-state index >= 15 is 0 Å². The smallest absolute Gasteiger partial charge is 0.303 e. The molecular weight excluding hydrogens is 200 g/mol. The first kappa shape index (κ1) is 12.4. The van der Waals surface area contributed by atoms with Crippen molar-refractivity contribution in [2.75, 3.05) is 0 Å². The number of ether oxygens (including phenoxy) is 1. The monoisotopic (exact) mass is 218 g/mol. The van der Waals surface area contributed by atoms with Gasteiger partial charge in [-0.3, -0.25) is 4.79 Å². The highest BCUT2D eigenvalue weighted by Gasteiger charge is 2.36. The van der Waals surface area contributed by atoms with Crippen LogP contribution in [0.25, 0.3) is 0 Å². The quantitative estimate of drug-likeness (QED) is 0.625. The lowest BCUT2D eigenvalue weighted by molar-refractivity contribution is -0.144. The molecule has 0 saturated carbocycles. The Morgan fingerprint density at radius 2 is 2.33 bits per heavy atom. The van der Waals surface area contributed by atoms with Gasteiger partial charge in [-0.1, -0.05) is 0 Å². The van der Waals surface area contributed by atoms with Crippen molar-refractivity contribution in [2.45, 2.75) is 57.0 Å². The lowest BCUT2D eigenvalue weighted by Gasteiger charge is -2.26. The Balaban J connectivity index is 2.30. The van der Waals surface area contributed by atoms with E-state index in [1.54, 1.807) is 0 Å². The molecule has 0 bridgehead atoms. The van der Waals surface area contributed by atoms with Gasteiger partial charge in [-0.2, -0.15) is 0 Å². The number of aliphatic hydroxyl groups is 2. The third-order valence-corrected chi connectivity index (χ3v) is 2.70. The number of aliphatic hydroxyl groups excluding tert-OH is 2. The van der Waals surface area contributed by atoms with Crippen LogP contribution in [0.15, 0.2) is 0 Å². The third kappa shape index (κ3) is 4.15. The molecule has 5 heteroatoms. The van der Waals surface area contributed by atoms with Crippen molar-refractivity contribution in [1.82, 2.24) is 0 Å². The van der Waals surface area contributed by atoms with Gasteiger partial charge in [0.05, 0.1) is 11.7 Å². The fraction of sp³-hybridized carbons (Fsp3) is 0.900. The zero-order chi connectivity index (χ0) is 11.5. The summed E-state index contributed by atoms with van der Waals surface area (Å²) >= 11 is 0. The third-order valence-electron chi connectivity index (χ3n) is 2.70. The van der Waals surface area contributed by atoms with Gasteiger partial charge in [-0.25, -0.2) is 0 Å². The minimum Gasteiger partial charge on any atom is -0.481 e. The largest absolute Gasteiger partial charge is 0.481 e. The second kappa shape index (κ2) is 4.92. The van der Waals surface area contributed by atoms with Crippen molar-refractivity contribution in [3.63, 3.8) is 0 Å². The van der Waals surface area contributed by atoms with Gasteiger partial charge in [0, 0.05) is 19.3 Å². The van der Waals surface area contributed by atoms with Crippen LogP contribution in [0.2, 0.25) is 0 Å². The SMILES string of the molecule is CC1(CC(O)CCC(=O)O)CCC(O)O1. The minimum atomic E-state index is -0.911. The van der Waals surface area contributed by atoms with Gasteiger partial charge in [-0.05, 0) is 19.8 Å². The molecule has 3 atom stereocenters. The molecule has 5 nitrogen and oxygen atoms in total. The van der Waals surface area contributed by atoms with Crippen molar-refractivity contribution in [3.8, 4) is 0 Å². The van der Waals surface area contributed by atoms with Gasteiger partial charge >= 0.3 is 5.97 Å². The fourth-order valence-corrected chi connectivity index (χ4v) is 1.92. The van der Waals surface area contributed by atoms with Crippen LogP contribution in [-0.2, 0) is 9.53 Å². The first-order valence-corrected chi connectivity index (χ1v) is 5.17.